The third kappa shape index (κ3) is 3.52. The number of aryl methyl sites for hydroxylation is 1. The molecule has 5 nitrogen and oxygen atoms in total. The van der Waals surface area contributed by atoms with Crippen molar-refractivity contribution in [3.05, 3.63) is 34.6 Å². The number of hydrogen-bond acceptors (Lipinski definition) is 4. The molecule has 122 valence electrons. The van der Waals surface area contributed by atoms with E-state index < -0.39 is 0 Å². The molecule has 0 spiro atoms. The van der Waals surface area contributed by atoms with Gasteiger partial charge >= 0.3 is 0 Å². The Bertz CT molecular complexity index is 697. The molecule has 1 aliphatic carbocycles. The van der Waals surface area contributed by atoms with E-state index in [4.69, 9.17) is 0 Å². The molecule has 2 aromatic rings. The predicted molar refractivity (Wildman–Crippen MR) is 93.2 cm³/mol. The molecule has 2 aromatic heterocycles. The third-order valence-corrected chi connectivity index (χ3v) is 5.19. The predicted octanol–water partition coefficient (Wildman–Crippen LogP) is 3.58. The summed E-state index contributed by atoms with van der Waals surface area (Å²) in [6, 6.07) is 2.06. The van der Waals surface area contributed by atoms with Crippen molar-refractivity contribution < 1.29 is 4.79 Å². The highest BCUT2D eigenvalue weighted by atomic mass is 32.1. The van der Waals surface area contributed by atoms with Crippen molar-refractivity contribution in [2.75, 3.05) is 0 Å². The van der Waals surface area contributed by atoms with Crippen LogP contribution in [0.2, 0.25) is 0 Å². The number of hydrazone groups is 1. The molecule has 0 bridgehead atoms. The summed E-state index contributed by atoms with van der Waals surface area (Å²) in [6.07, 6.45) is 9.05. The average molecular weight is 330 g/mol. The Kier molecular flexibility index (Phi) is 4.91. The van der Waals surface area contributed by atoms with E-state index in [-0.39, 0.29) is 11.8 Å². The van der Waals surface area contributed by atoms with E-state index in [1.807, 2.05) is 19.2 Å². The van der Waals surface area contributed by atoms with Crippen LogP contribution in [0.3, 0.4) is 0 Å². The van der Waals surface area contributed by atoms with E-state index in [9.17, 15) is 4.79 Å². The average Bonchev–Trinajstić information content (AvgIpc) is 3.17. The van der Waals surface area contributed by atoms with Crippen LogP contribution in [-0.2, 0) is 4.79 Å². The molecule has 0 unspecified atom stereocenters. The van der Waals surface area contributed by atoms with Gasteiger partial charge in [0.25, 0.3) is 0 Å². The monoisotopic (exact) mass is 330 g/mol. The quantitative estimate of drug-likeness (QED) is 0.688. The topological polar surface area (TPSA) is 59.3 Å². The van der Waals surface area contributed by atoms with E-state index >= 15 is 0 Å². The first-order valence-corrected chi connectivity index (χ1v) is 8.96. The Morgan fingerprint density at radius 2 is 2.17 bits per heavy atom. The molecule has 23 heavy (non-hydrogen) atoms. The summed E-state index contributed by atoms with van der Waals surface area (Å²) in [7, 11) is 0. The molecule has 2 heterocycles. The number of hydrogen-bond donors (Lipinski definition) is 1. The largest absolute Gasteiger partial charge is 0.294 e. The molecule has 6 heteroatoms. The van der Waals surface area contributed by atoms with Crippen LogP contribution in [0.4, 0.5) is 0 Å². The Balaban J connectivity index is 1.68. The molecular formula is C17H22N4OS. The molecule has 1 saturated carbocycles. The minimum atomic E-state index is 0.0506. The summed E-state index contributed by atoms with van der Waals surface area (Å²) in [5.41, 5.74) is 5.89. The van der Waals surface area contributed by atoms with Gasteiger partial charge in [-0.3, -0.25) is 9.36 Å². The number of carbonyl (C=O) groups excluding carboxylic acids is 1. The molecule has 0 atom stereocenters. The number of rotatable bonds is 4. The zero-order chi connectivity index (χ0) is 16.2. The van der Waals surface area contributed by atoms with Gasteiger partial charge in [0.15, 0.2) is 5.13 Å². The molecular weight excluding hydrogens is 308 g/mol. The minimum Gasteiger partial charge on any atom is -0.294 e. The van der Waals surface area contributed by atoms with Gasteiger partial charge in [0, 0.05) is 34.4 Å². The smallest absolute Gasteiger partial charge is 0.243 e. The molecule has 3 rings (SSSR count). The van der Waals surface area contributed by atoms with Gasteiger partial charge < -0.3 is 0 Å². The highest BCUT2D eigenvalue weighted by Gasteiger charge is 2.20. The molecule has 0 aliphatic heterocycles. The van der Waals surface area contributed by atoms with Crippen molar-refractivity contribution in [3.8, 4) is 5.13 Å². The maximum Gasteiger partial charge on any atom is 0.243 e. The normalized spacial score (nSPS) is 16.1. The zero-order valence-corrected chi connectivity index (χ0v) is 14.4. The van der Waals surface area contributed by atoms with Crippen molar-refractivity contribution in [1.29, 1.82) is 0 Å². The van der Waals surface area contributed by atoms with Crippen LogP contribution >= 0.6 is 11.3 Å². The summed E-state index contributed by atoms with van der Waals surface area (Å²) in [5, 5.41) is 7.07. The van der Waals surface area contributed by atoms with Gasteiger partial charge in [-0.25, -0.2) is 10.4 Å². The van der Waals surface area contributed by atoms with E-state index in [2.05, 4.69) is 26.1 Å². The highest BCUT2D eigenvalue weighted by Crippen LogP contribution is 2.24. The van der Waals surface area contributed by atoms with Gasteiger partial charge in [-0.15, -0.1) is 11.3 Å². The summed E-state index contributed by atoms with van der Waals surface area (Å²) in [6.45, 7) is 4.09. The van der Waals surface area contributed by atoms with E-state index in [0.29, 0.717) is 0 Å². The fourth-order valence-corrected chi connectivity index (χ4v) is 3.91. The van der Waals surface area contributed by atoms with Crippen molar-refractivity contribution >= 4 is 23.5 Å². The number of nitrogens with one attached hydrogen (secondary N) is 1. The molecule has 1 amide bonds. The summed E-state index contributed by atoms with van der Waals surface area (Å²) in [4.78, 5) is 16.5. The highest BCUT2D eigenvalue weighted by molar-refractivity contribution is 7.12. The lowest BCUT2D eigenvalue weighted by molar-refractivity contribution is -0.125. The number of aromatic nitrogens is 2. The van der Waals surface area contributed by atoms with Gasteiger partial charge in [0.05, 0.1) is 6.21 Å². The number of thiazole rings is 1. The Morgan fingerprint density at radius 1 is 1.39 bits per heavy atom. The van der Waals surface area contributed by atoms with Crippen LogP contribution in [0.1, 0.15) is 49.1 Å². The Labute approximate surface area is 140 Å². The van der Waals surface area contributed by atoms with Gasteiger partial charge in [0.2, 0.25) is 5.91 Å². The summed E-state index contributed by atoms with van der Waals surface area (Å²) in [5.74, 6) is 0.179. The fraction of sp³-hybridized carbons (Fsp3) is 0.471. The number of amides is 1. The second-order valence-corrected chi connectivity index (χ2v) is 6.92. The minimum absolute atomic E-state index is 0.0506. The van der Waals surface area contributed by atoms with Gasteiger partial charge in [-0.2, -0.15) is 5.10 Å². The van der Waals surface area contributed by atoms with Crippen LogP contribution < -0.4 is 5.43 Å². The lowest BCUT2D eigenvalue weighted by atomic mass is 9.89. The van der Waals surface area contributed by atoms with Crippen LogP contribution in [0.25, 0.3) is 5.13 Å². The first-order chi connectivity index (χ1) is 11.2. The second-order valence-electron chi connectivity index (χ2n) is 6.05. The fourth-order valence-electron chi connectivity index (χ4n) is 3.16. The zero-order valence-electron chi connectivity index (χ0n) is 13.6. The second kappa shape index (κ2) is 7.08. The van der Waals surface area contributed by atoms with Crippen LogP contribution in [0.15, 0.2) is 22.7 Å². The number of nitrogens with zero attached hydrogens (tertiary/aromatic N) is 3. The van der Waals surface area contributed by atoms with Gasteiger partial charge in [-0.05, 0) is 32.8 Å². The maximum atomic E-state index is 12.1. The molecule has 1 aliphatic rings. The van der Waals surface area contributed by atoms with Crippen molar-refractivity contribution in [3.63, 3.8) is 0 Å². The summed E-state index contributed by atoms with van der Waals surface area (Å²) >= 11 is 1.60. The molecule has 0 radical (unpaired) electrons. The van der Waals surface area contributed by atoms with Crippen LogP contribution in [0.5, 0.6) is 0 Å². The summed E-state index contributed by atoms with van der Waals surface area (Å²) < 4.78 is 2.11. The van der Waals surface area contributed by atoms with Crippen molar-refractivity contribution in [2.45, 2.75) is 46.0 Å². The Morgan fingerprint density at radius 3 is 2.87 bits per heavy atom. The molecule has 1 N–H and O–H groups in total. The van der Waals surface area contributed by atoms with Crippen molar-refractivity contribution in [2.24, 2.45) is 11.0 Å². The lowest BCUT2D eigenvalue weighted by Gasteiger charge is -2.19. The third-order valence-electron chi connectivity index (χ3n) is 4.44. The van der Waals surface area contributed by atoms with Crippen LogP contribution in [0, 0.1) is 19.8 Å². The van der Waals surface area contributed by atoms with Crippen molar-refractivity contribution in [1.82, 2.24) is 15.0 Å². The van der Waals surface area contributed by atoms with Gasteiger partial charge in [0.1, 0.15) is 0 Å². The molecule has 1 fully saturated rings. The lowest BCUT2D eigenvalue weighted by Crippen LogP contribution is -2.28. The van der Waals surface area contributed by atoms with Gasteiger partial charge in [-0.1, -0.05) is 19.3 Å². The standard InChI is InChI=1S/C17H22N4OS/c1-12-10-15(13(2)21(12)17-18-8-9-23-17)11-19-20-16(22)14-6-4-3-5-7-14/h8-11,14H,3-7H2,1-2H3,(H,20,22)/b19-11-. The first kappa shape index (κ1) is 15.9. The van der Waals surface area contributed by atoms with E-state index in [0.717, 1.165) is 47.8 Å². The van der Waals surface area contributed by atoms with E-state index in [1.165, 1.54) is 6.42 Å². The number of carbonyl (C=O) groups is 1. The molecule has 0 saturated heterocycles. The molecule has 0 aromatic carbocycles. The Hall–Kier alpha value is -1.95. The van der Waals surface area contributed by atoms with Crippen LogP contribution in [-0.4, -0.2) is 21.7 Å². The maximum absolute atomic E-state index is 12.1. The van der Waals surface area contributed by atoms with E-state index in [1.54, 1.807) is 23.7 Å². The SMILES string of the molecule is Cc1cc(/C=N\NC(=O)C2CCCCC2)c(C)n1-c1nccs1. The first-order valence-electron chi connectivity index (χ1n) is 8.08.